The van der Waals surface area contributed by atoms with Gasteiger partial charge in [0.05, 0.1) is 6.42 Å². The van der Waals surface area contributed by atoms with Gasteiger partial charge >= 0.3 is 0 Å². The van der Waals surface area contributed by atoms with Gasteiger partial charge in [-0.1, -0.05) is 25.0 Å². The lowest BCUT2D eigenvalue weighted by Crippen LogP contribution is -2.33. The molecule has 3 rings (SSSR count). The molecule has 4 heteroatoms. The summed E-state index contributed by atoms with van der Waals surface area (Å²) >= 11 is 0. The Bertz CT molecular complexity index is 533. The lowest BCUT2D eigenvalue weighted by molar-refractivity contribution is -0.121. The summed E-state index contributed by atoms with van der Waals surface area (Å²) in [5, 5.41) is 5.97. The minimum absolute atomic E-state index is 0.0734. The highest BCUT2D eigenvalue weighted by Gasteiger charge is 2.18. The van der Waals surface area contributed by atoms with Crippen molar-refractivity contribution < 1.29 is 9.59 Å². The molecule has 20 heavy (non-hydrogen) atoms. The van der Waals surface area contributed by atoms with Gasteiger partial charge in [0, 0.05) is 18.2 Å². The second-order valence-corrected chi connectivity index (χ2v) is 5.77. The third kappa shape index (κ3) is 3.00. The van der Waals surface area contributed by atoms with Gasteiger partial charge in [0.15, 0.2) is 0 Å². The van der Waals surface area contributed by atoms with Gasteiger partial charge in [0.1, 0.15) is 0 Å². The predicted octanol–water partition coefficient (Wildman–Crippen LogP) is 2.17. The fourth-order valence-corrected chi connectivity index (χ4v) is 3.08. The van der Waals surface area contributed by atoms with Gasteiger partial charge in [-0.05, 0) is 36.5 Å². The normalized spacial score (nSPS) is 18.5. The molecular weight excluding hydrogens is 252 g/mol. The molecule has 1 saturated carbocycles. The van der Waals surface area contributed by atoms with Crippen LogP contribution in [0.3, 0.4) is 0 Å². The summed E-state index contributed by atoms with van der Waals surface area (Å²) < 4.78 is 0. The van der Waals surface area contributed by atoms with Crippen molar-refractivity contribution in [3.8, 4) is 0 Å². The van der Waals surface area contributed by atoms with E-state index >= 15 is 0 Å². The minimum atomic E-state index is 0.0734. The lowest BCUT2D eigenvalue weighted by Gasteiger charge is -2.18. The molecule has 4 nitrogen and oxygen atoms in total. The summed E-state index contributed by atoms with van der Waals surface area (Å²) in [5.41, 5.74) is 3.05. The molecule has 1 aromatic carbocycles. The van der Waals surface area contributed by atoms with E-state index in [4.69, 9.17) is 0 Å². The van der Waals surface area contributed by atoms with Crippen LogP contribution in [-0.2, 0) is 22.4 Å². The molecule has 0 bridgehead atoms. The number of aryl methyl sites for hydroxylation is 1. The molecule has 0 atom stereocenters. The topological polar surface area (TPSA) is 58.2 Å². The zero-order valence-corrected chi connectivity index (χ0v) is 11.6. The van der Waals surface area contributed by atoms with Gasteiger partial charge in [0.2, 0.25) is 11.8 Å². The summed E-state index contributed by atoms with van der Waals surface area (Å²) in [5.74, 6) is 0.181. The highest BCUT2D eigenvalue weighted by atomic mass is 16.2. The molecule has 2 amide bonds. The molecule has 0 spiro atoms. The van der Waals surface area contributed by atoms with Crippen LogP contribution in [0.2, 0.25) is 0 Å². The average molecular weight is 272 g/mol. The highest BCUT2D eigenvalue weighted by Crippen LogP contribution is 2.24. The Hall–Kier alpha value is -1.84. The standard InChI is InChI=1S/C16H20N2O2/c19-15-8-6-12-9-11(5-7-14(12)18-15)10-16(20)17-13-3-1-2-4-13/h5,7,9,13H,1-4,6,8,10H2,(H,17,20)(H,18,19). The van der Waals surface area contributed by atoms with Crippen LogP contribution < -0.4 is 10.6 Å². The molecule has 0 unspecified atom stereocenters. The average Bonchev–Trinajstić information content (AvgIpc) is 2.91. The van der Waals surface area contributed by atoms with Crippen LogP contribution in [0.4, 0.5) is 5.69 Å². The van der Waals surface area contributed by atoms with Crippen molar-refractivity contribution in [1.82, 2.24) is 5.32 Å². The number of carbonyl (C=O) groups is 2. The third-order valence-electron chi connectivity index (χ3n) is 4.15. The van der Waals surface area contributed by atoms with E-state index in [9.17, 15) is 9.59 Å². The van der Waals surface area contributed by atoms with E-state index in [0.29, 0.717) is 18.9 Å². The predicted molar refractivity (Wildman–Crippen MR) is 77.5 cm³/mol. The highest BCUT2D eigenvalue weighted by molar-refractivity contribution is 5.94. The maximum atomic E-state index is 12.0. The summed E-state index contributed by atoms with van der Waals surface area (Å²) in [6.07, 6.45) is 6.40. The van der Waals surface area contributed by atoms with E-state index in [2.05, 4.69) is 10.6 Å². The zero-order chi connectivity index (χ0) is 13.9. The first-order chi connectivity index (χ1) is 9.70. The van der Waals surface area contributed by atoms with E-state index < -0.39 is 0 Å². The van der Waals surface area contributed by atoms with E-state index in [1.165, 1.54) is 12.8 Å². The number of nitrogens with one attached hydrogen (secondary N) is 2. The fraction of sp³-hybridized carbons (Fsp3) is 0.500. The molecule has 0 saturated heterocycles. The van der Waals surface area contributed by atoms with E-state index in [1.807, 2.05) is 18.2 Å². The van der Waals surface area contributed by atoms with E-state index in [-0.39, 0.29) is 11.8 Å². The Morgan fingerprint density at radius 1 is 1.25 bits per heavy atom. The number of rotatable bonds is 3. The first-order valence-electron chi connectivity index (χ1n) is 7.42. The third-order valence-corrected chi connectivity index (χ3v) is 4.15. The molecule has 1 aliphatic heterocycles. The Morgan fingerprint density at radius 2 is 2.05 bits per heavy atom. The molecule has 0 radical (unpaired) electrons. The van der Waals surface area contributed by atoms with Crippen LogP contribution in [0.25, 0.3) is 0 Å². The smallest absolute Gasteiger partial charge is 0.224 e. The monoisotopic (exact) mass is 272 g/mol. The van der Waals surface area contributed by atoms with Crippen LogP contribution in [0, 0.1) is 0 Å². The minimum Gasteiger partial charge on any atom is -0.353 e. The van der Waals surface area contributed by atoms with Gasteiger partial charge in [-0.25, -0.2) is 0 Å². The number of hydrogen-bond donors (Lipinski definition) is 2. The number of benzene rings is 1. The molecule has 2 N–H and O–H groups in total. The maximum absolute atomic E-state index is 12.0. The van der Waals surface area contributed by atoms with Crippen LogP contribution in [0.5, 0.6) is 0 Å². The van der Waals surface area contributed by atoms with Crippen molar-refractivity contribution >= 4 is 17.5 Å². The number of anilines is 1. The Kier molecular flexibility index (Phi) is 3.72. The Morgan fingerprint density at radius 3 is 2.85 bits per heavy atom. The van der Waals surface area contributed by atoms with Crippen molar-refractivity contribution in [2.75, 3.05) is 5.32 Å². The van der Waals surface area contributed by atoms with Gasteiger partial charge in [-0.2, -0.15) is 0 Å². The van der Waals surface area contributed by atoms with Crippen molar-refractivity contribution in [3.05, 3.63) is 29.3 Å². The number of hydrogen-bond acceptors (Lipinski definition) is 2. The van der Waals surface area contributed by atoms with Gasteiger partial charge < -0.3 is 10.6 Å². The van der Waals surface area contributed by atoms with Crippen molar-refractivity contribution in [2.24, 2.45) is 0 Å². The van der Waals surface area contributed by atoms with E-state index in [0.717, 1.165) is 36.1 Å². The largest absolute Gasteiger partial charge is 0.353 e. The lowest BCUT2D eigenvalue weighted by atomic mass is 9.99. The Labute approximate surface area is 118 Å². The van der Waals surface area contributed by atoms with Crippen molar-refractivity contribution in [3.63, 3.8) is 0 Å². The number of carbonyl (C=O) groups excluding carboxylic acids is 2. The fourth-order valence-electron chi connectivity index (χ4n) is 3.08. The molecule has 2 aliphatic rings. The van der Waals surface area contributed by atoms with Crippen molar-refractivity contribution in [2.45, 2.75) is 51.0 Å². The van der Waals surface area contributed by atoms with Crippen LogP contribution in [-0.4, -0.2) is 17.9 Å². The molecule has 106 valence electrons. The second kappa shape index (κ2) is 5.65. The summed E-state index contributed by atoms with van der Waals surface area (Å²) in [6.45, 7) is 0. The first kappa shape index (κ1) is 13.2. The SMILES string of the molecule is O=C1CCc2cc(CC(=O)NC3CCCC3)ccc2N1. The molecular formula is C16H20N2O2. The van der Waals surface area contributed by atoms with E-state index in [1.54, 1.807) is 0 Å². The molecule has 1 heterocycles. The zero-order valence-electron chi connectivity index (χ0n) is 11.6. The molecule has 1 aromatic rings. The molecule has 1 fully saturated rings. The number of amides is 2. The quantitative estimate of drug-likeness (QED) is 0.886. The molecule has 1 aliphatic carbocycles. The summed E-state index contributed by atoms with van der Waals surface area (Å²) in [4.78, 5) is 23.3. The van der Waals surface area contributed by atoms with Crippen LogP contribution >= 0.6 is 0 Å². The number of fused-ring (bicyclic) bond motifs is 1. The van der Waals surface area contributed by atoms with Crippen LogP contribution in [0.15, 0.2) is 18.2 Å². The first-order valence-corrected chi connectivity index (χ1v) is 7.42. The maximum Gasteiger partial charge on any atom is 0.224 e. The summed E-state index contributed by atoms with van der Waals surface area (Å²) in [7, 11) is 0. The van der Waals surface area contributed by atoms with Gasteiger partial charge in [0.25, 0.3) is 0 Å². The second-order valence-electron chi connectivity index (χ2n) is 5.77. The Balaban J connectivity index is 1.62. The molecule has 0 aromatic heterocycles. The van der Waals surface area contributed by atoms with Crippen molar-refractivity contribution in [1.29, 1.82) is 0 Å². The van der Waals surface area contributed by atoms with Gasteiger partial charge in [-0.15, -0.1) is 0 Å². The summed E-state index contributed by atoms with van der Waals surface area (Å²) in [6, 6.07) is 6.26. The van der Waals surface area contributed by atoms with Crippen LogP contribution in [0.1, 0.15) is 43.2 Å². The van der Waals surface area contributed by atoms with Gasteiger partial charge in [-0.3, -0.25) is 9.59 Å².